The van der Waals surface area contributed by atoms with Crippen molar-refractivity contribution in [2.75, 3.05) is 5.75 Å². The predicted octanol–water partition coefficient (Wildman–Crippen LogP) is 4.58. The highest BCUT2D eigenvalue weighted by Gasteiger charge is 2.51. The molecule has 1 heterocycles. The maximum Gasteiger partial charge on any atom is 0.151 e. The van der Waals surface area contributed by atoms with Crippen LogP contribution in [0.1, 0.15) is 6.42 Å². The largest absolute Gasteiger partial charge is 0.230 e. The van der Waals surface area contributed by atoms with Gasteiger partial charge in [-0.2, -0.15) is 0 Å². The van der Waals surface area contributed by atoms with Crippen molar-refractivity contribution in [2.45, 2.75) is 15.1 Å². The quantitative estimate of drug-likeness (QED) is 0.606. The SMILES string of the molecule is ClC1(Cl)C[C@@H]1CSc1nc2ccccc2s1. The third-order valence-electron chi connectivity index (χ3n) is 2.64. The summed E-state index contributed by atoms with van der Waals surface area (Å²) in [7, 11) is 0. The Hall–Kier alpha value is 0.0400. The monoisotopic (exact) mass is 289 g/mol. The van der Waals surface area contributed by atoms with Crippen molar-refractivity contribution >= 4 is 56.5 Å². The normalized spacial score (nSPS) is 22.5. The summed E-state index contributed by atoms with van der Waals surface area (Å²) in [6, 6.07) is 8.19. The highest BCUT2D eigenvalue weighted by molar-refractivity contribution is 8.01. The lowest BCUT2D eigenvalue weighted by atomic mass is 10.3. The van der Waals surface area contributed by atoms with Crippen LogP contribution in [-0.2, 0) is 0 Å². The van der Waals surface area contributed by atoms with E-state index in [0.717, 1.165) is 22.0 Å². The number of para-hydroxylation sites is 1. The molecule has 2 aromatic rings. The molecule has 0 saturated heterocycles. The van der Waals surface area contributed by atoms with Gasteiger partial charge in [0.1, 0.15) is 4.33 Å². The van der Waals surface area contributed by atoms with E-state index in [9.17, 15) is 0 Å². The molecule has 0 N–H and O–H groups in total. The molecule has 5 heteroatoms. The van der Waals surface area contributed by atoms with Crippen LogP contribution in [0.4, 0.5) is 0 Å². The van der Waals surface area contributed by atoms with Gasteiger partial charge in [0.2, 0.25) is 0 Å². The maximum absolute atomic E-state index is 5.99. The fourth-order valence-electron chi connectivity index (χ4n) is 1.54. The number of hydrogen-bond acceptors (Lipinski definition) is 3. The van der Waals surface area contributed by atoms with Gasteiger partial charge in [0.05, 0.1) is 10.2 Å². The molecule has 0 unspecified atom stereocenters. The minimum atomic E-state index is -0.469. The Morgan fingerprint density at radius 3 is 2.88 bits per heavy atom. The Bertz CT molecular complexity index is 490. The van der Waals surface area contributed by atoms with Gasteiger partial charge in [0.25, 0.3) is 0 Å². The van der Waals surface area contributed by atoms with Gasteiger partial charge in [-0.1, -0.05) is 23.9 Å². The van der Waals surface area contributed by atoms with Crippen molar-refractivity contribution in [3.8, 4) is 0 Å². The Labute approximate surface area is 112 Å². The Morgan fingerprint density at radius 1 is 1.44 bits per heavy atom. The zero-order valence-corrected chi connectivity index (χ0v) is 11.5. The molecule has 1 aliphatic carbocycles. The van der Waals surface area contributed by atoms with Crippen LogP contribution < -0.4 is 0 Å². The molecule has 0 amide bonds. The van der Waals surface area contributed by atoms with E-state index in [2.05, 4.69) is 11.1 Å². The standard InChI is InChI=1S/C11H9Cl2NS2/c12-11(13)5-7(11)6-15-10-14-8-3-1-2-4-9(8)16-10/h1-4,7H,5-6H2/t7-/m1/s1. The Kier molecular flexibility index (Phi) is 2.83. The van der Waals surface area contributed by atoms with Gasteiger partial charge in [0, 0.05) is 11.7 Å². The summed E-state index contributed by atoms with van der Waals surface area (Å²) in [5, 5.41) is 0. The van der Waals surface area contributed by atoms with E-state index < -0.39 is 4.33 Å². The predicted molar refractivity (Wildman–Crippen MR) is 72.9 cm³/mol. The molecule has 0 spiro atoms. The summed E-state index contributed by atoms with van der Waals surface area (Å²) in [5.74, 6) is 1.39. The smallest absolute Gasteiger partial charge is 0.151 e. The lowest BCUT2D eigenvalue weighted by Crippen LogP contribution is -1.92. The number of aromatic nitrogens is 1. The van der Waals surface area contributed by atoms with Crippen LogP contribution in [-0.4, -0.2) is 15.1 Å². The molecule has 1 atom stereocenters. The van der Waals surface area contributed by atoms with Crippen LogP contribution in [0.25, 0.3) is 10.2 Å². The van der Waals surface area contributed by atoms with Crippen LogP contribution in [0, 0.1) is 5.92 Å². The van der Waals surface area contributed by atoms with Crippen molar-refractivity contribution in [3.63, 3.8) is 0 Å². The average Bonchev–Trinajstić information content (AvgIpc) is 2.72. The van der Waals surface area contributed by atoms with Crippen LogP contribution in [0.3, 0.4) is 0 Å². The molecule has 0 radical (unpaired) electrons. The summed E-state index contributed by atoms with van der Waals surface area (Å²) in [6.45, 7) is 0. The molecule has 16 heavy (non-hydrogen) atoms. The number of thioether (sulfide) groups is 1. The van der Waals surface area contributed by atoms with Crippen molar-refractivity contribution in [3.05, 3.63) is 24.3 Å². The zero-order chi connectivity index (χ0) is 11.2. The summed E-state index contributed by atoms with van der Waals surface area (Å²) in [4.78, 5) is 4.56. The summed E-state index contributed by atoms with van der Waals surface area (Å²) < 4.78 is 1.88. The molecule has 1 aromatic carbocycles. The molecule has 1 aliphatic rings. The number of thiazole rings is 1. The molecule has 0 bridgehead atoms. The average molecular weight is 290 g/mol. The number of nitrogens with zero attached hydrogens (tertiary/aromatic N) is 1. The van der Waals surface area contributed by atoms with E-state index in [4.69, 9.17) is 23.2 Å². The van der Waals surface area contributed by atoms with Crippen molar-refractivity contribution in [1.82, 2.24) is 4.98 Å². The van der Waals surface area contributed by atoms with Crippen LogP contribution in [0.2, 0.25) is 0 Å². The first-order chi connectivity index (χ1) is 7.65. The number of rotatable bonds is 3. The highest BCUT2D eigenvalue weighted by atomic mass is 35.5. The number of hydrogen-bond donors (Lipinski definition) is 0. The minimum Gasteiger partial charge on any atom is -0.230 e. The van der Waals surface area contributed by atoms with Gasteiger partial charge in [-0.3, -0.25) is 0 Å². The minimum absolute atomic E-state index is 0.424. The topological polar surface area (TPSA) is 12.9 Å². The molecule has 0 aliphatic heterocycles. The molecular formula is C11H9Cl2NS2. The molecule has 3 rings (SSSR count). The second-order valence-corrected chi connectivity index (χ2v) is 7.76. The third-order valence-corrected chi connectivity index (χ3v) is 5.91. The summed E-state index contributed by atoms with van der Waals surface area (Å²) in [5.41, 5.74) is 1.08. The first-order valence-electron chi connectivity index (χ1n) is 5.01. The second-order valence-electron chi connectivity index (χ2n) is 3.92. The molecule has 1 aromatic heterocycles. The highest BCUT2D eigenvalue weighted by Crippen LogP contribution is 2.55. The number of benzene rings is 1. The molecular weight excluding hydrogens is 281 g/mol. The number of halogens is 2. The van der Waals surface area contributed by atoms with Crippen molar-refractivity contribution < 1.29 is 0 Å². The van der Waals surface area contributed by atoms with Gasteiger partial charge in [-0.05, 0) is 18.6 Å². The molecule has 1 nitrogen and oxygen atoms in total. The van der Waals surface area contributed by atoms with Crippen molar-refractivity contribution in [1.29, 1.82) is 0 Å². The van der Waals surface area contributed by atoms with Crippen molar-refractivity contribution in [2.24, 2.45) is 5.92 Å². The fraction of sp³-hybridized carbons (Fsp3) is 0.364. The van der Waals surface area contributed by atoms with Crippen LogP contribution >= 0.6 is 46.3 Å². The van der Waals surface area contributed by atoms with Gasteiger partial charge in [-0.25, -0.2) is 4.98 Å². The Balaban J connectivity index is 1.70. The van der Waals surface area contributed by atoms with E-state index in [1.807, 2.05) is 18.2 Å². The summed E-state index contributed by atoms with van der Waals surface area (Å²) >= 11 is 15.5. The van der Waals surface area contributed by atoms with Gasteiger partial charge in [-0.15, -0.1) is 34.5 Å². The van der Waals surface area contributed by atoms with Gasteiger partial charge in [0.15, 0.2) is 4.34 Å². The van der Waals surface area contributed by atoms with E-state index in [1.165, 1.54) is 4.70 Å². The first kappa shape index (κ1) is 11.1. The van der Waals surface area contributed by atoms with E-state index in [1.54, 1.807) is 23.1 Å². The summed E-state index contributed by atoms with van der Waals surface area (Å²) in [6.07, 6.45) is 0.911. The lowest BCUT2D eigenvalue weighted by Gasteiger charge is -1.96. The first-order valence-corrected chi connectivity index (χ1v) is 7.57. The van der Waals surface area contributed by atoms with Crippen LogP contribution in [0.5, 0.6) is 0 Å². The van der Waals surface area contributed by atoms with E-state index in [-0.39, 0.29) is 0 Å². The molecule has 84 valence electrons. The van der Waals surface area contributed by atoms with E-state index >= 15 is 0 Å². The van der Waals surface area contributed by atoms with Gasteiger partial charge < -0.3 is 0 Å². The lowest BCUT2D eigenvalue weighted by molar-refractivity contribution is 0.978. The number of fused-ring (bicyclic) bond motifs is 1. The second kappa shape index (κ2) is 4.05. The van der Waals surface area contributed by atoms with Crippen LogP contribution in [0.15, 0.2) is 28.6 Å². The zero-order valence-electron chi connectivity index (χ0n) is 8.32. The third kappa shape index (κ3) is 2.19. The molecule has 1 saturated carbocycles. The Morgan fingerprint density at radius 2 is 2.19 bits per heavy atom. The number of alkyl halides is 2. The van der Waals surface area contributed by atoms with Gasteiger partial charge >= 0.3 is 0 Å². The molecule has 1 fully saturated rings. The van der Waals surface area contributed by atoms with E-state index in [0.29, 0.717) is 5.92 Å². The fourth-order valence-corrected chi connectivity index (χ4v) is 4.56. The maximum atomic E-state index is 5.99.